The average Bonchev–Trinajstić information content (AvgIpc) is 2.60. The Balaban J connectivity index is 1.68. The van der Waals surface area contributed by atoms with Gasteiger partial charge in [-0.2, -0.15) is 5.26 Å². The molecule has 0 heterocycles. The molecule has 0 aliphatic heterocycles. The molecule has 2 aliphatic rings. The standard InChI is InChI=1S/C22H35N/c1-3-7-19-9-13-21(14-10-19)18(2)22-15-11-20(12-16-22)8-5-4-6-17-23/h4,6,19-22H,2-3,5,7-16H2,1H3. The van der Waals surface area contributed by atoms with Crippen LogP contribution in [-0.2, 0) is 0 Å². The number of nitrogens with zero attached hydrogens (tertiary/aromatic N) is 1. The summed E-state index contributed by atoms with van der Waals surface area (Å²) in [7, 11) is 0. The summed E-state index contributed by atoms with van der Waals surface area (Å²) in [6.07, 6.45) is 19.9. The van der Waals surface area contributed by atoms with Gasteiger partial charge in [-0.05, 0) is 87.9 Å². The maximum absolute atomic E-state index is 8.52. The highest BCUT2D eigenvalue weighted by Crippen LogP contribution is 2.42. The van der Waals surface area contributed by atoms with E-state index in [4.69, 9.17) is 5.26 Å². The van der Waals surface area contributed by atoms with Crippen molar-refractivity contribution in [3.63, 3.8) is 0 Å². The average molecular weight is 314 g/mol. The topological polar surface area (TPSA) is 23.8 Å². The molecule has 0 aromatic heterocycles. The summed E-state index contributed by atoms with van der Waals surface area (Å²) in [5.41, 5.74) is 1.60. The van der Waals surface area contributed by atoms with Gasteiger partial charge in [0.05, 0.1) is 6.07 Å². The third-order valence-corrected chi connectivity index (χ3v) is 6.37. The van der Waals surface area contributed by atoms with Gasteiger partial charge in [-0.25, -0.2) is 0 Å². The van der Waals surface area contributed by atoms with Gasteiger partial charge in [-0.1, -0.05) is 38.0 Å². The highest BCUT2D eigenvalue weighted by Gasteiger charge is 2.29. The molecule has 1 heteroatoms. The zero-order chi connectivity index (χ0) is 16.5. The van der Waals surface area contributed by atoms with E-state index in [0.717, 1.165) is 30.1 Å². The van der Waals surface area contributed by atoms with Crippen LogP contribution in [0, 0.1) is 35.0 Å². The fraction of sp³-hybridized carbons (Fsp3) is 0.773. The Morgan fingerprint density at radius 3 is 1.96 bits per heavy atom. The Morgan fingerprint density at radius 1 is 0.957 bits per heavy atom. The third kappa shape index (κ3) is 5.83. The van der Waals surface area contributed by atoms with Crippen LogP contribution in [0.5, 0.6) is 0 Å². The first-order chi connectivity index (χ1) is 11.2. The fourth-order valence-corrected chi connectivity index (χ4v) is 4.85. The molecule has 0 atom stereocenters. The molecule has 0 saturated heterocycles. The van der Waals surface area contributed by atoms with Gasteiger partial charge in [0.25, 0.3) is 0 Å². The van der Waals surface area contributed by atoms with Crippen molar-refractivity contribution in [1.29, 1.82) is 5.26 Å². The van der Waals surface area contributed by atoms with E-state index in [1.54, 1.807) is 11.6 Å². The summed E-state index contributed by atoms with van der Waals surface area (Å²) >= 11 is 0. The number of hydrogen-bond donors (Lipinski definition) is 0. The van der Waals surface area contributed by atoms with E-state index in [2.05, 4.69) is 19.6 Å². The van der Waals surface area contributed by atoms with Crippen molar-refractivity contribution in [2.45, 2.75) is 84.0 Å². The summed E-state index contributed by atoms with van der Waals surface area (Å²) in [5, 5.41) is 8.52. The van der Waals surface area contributed by atoms with Crippen molar-refractivity contribution in [3.8, 4) is 6.07 Å². The molecule has 1 nitrogen and oxygen atoms in total. The molecule has 0 spiro atoms. The Morgan fingerprint density at radius 2 is 1.48 bits per heavy atom. The minimum atomic E-state index is 0.800. The highest BCUT2D eigenvalue weighted by atomic mass is 14.3. The number of rotatable bonds is 7. The lowest BCUT2D eigenvalue weighted by Crippen LogP contribution is -2.23. The summed E-state index contributed by atoms with van der Waals surface area (Å²) in [6, 6.07) is 2.08. The van der Waals surface area contributed by atoms with Crippen molar-refractivity contribution in [3.05, 3.63) is 24.3 Å². The summed E-state index contributed by atoms with van der Waals surface area (Å²) in [6.45, 7) is 6.86. The molecule has 0 unspecified atom stereocenters. The van der Waals surface area contributed by atoms with Crippen LogP contribution in [0.2, 0.25) is 0 Å². The molecule has 0 bridgehead atoms. The molecule has 2 saturated carbocycles. The number of nitriles is 1. The van der Waals surface area contributed by atoms with Gasteiger partial charge >= 0.3 is 0 Å². The summed E-state index contributed by atoms with van der Waals surface area (Å²) in [4.78, 5) is 0. The molecule has 0 aromatic rings. The second-order valence-corrected chi connectivity index (χ2v) is 7.91. The zero-order valence-corrected chi connectivity index (χ0v) is 15.1. The van der Waals surface area contributed by atoms with Crippen molar-refractivity contribution >= 4 is 0 Å². The second-order valence-electron chi connectivity index (χ2n) is 7.91. The summed E-state index contributed by atoms with van der Waals surface area (Å²) in [5.74, 6) is 3.50. The normalized spacial score (nSPS) is 31.8. The first-order valence-corrected chi connectivity index (χ1v) is 9.97. The predicted molar refractivity (Wildman–Crippen MR) is 98.9 cm³/mol. The molecule has 0 radical (unpaired) electrons. The second kappa shape index (κ2) is 9.96. The Bertz CT molecular complexity index is 412. The van der Waals surface area contributed by atoms with Gasteiger partial charge in [0.1, 0.15) is 0 Å². The molecular weight excluding hydrogens is 278 g/mol. The minimum absolute atomic E-state index is 0.800. The predicted octanol–water partition coefficient (Wildman–Crippen LogP) is 6.82. The lowest BCUT2D eigenvalue weighted by molar-refractivity contribution is 0.241. The Kier molecular flexibility index (Phi) is 7.93. The molecule has 0 aromatic carbocycles. The van der Waals surface area contributed by atoms with E-state index in [1.165, 1.54) is 70.6 Å². The van der Waals surface area contributed by atoms with Crippen molar-refractivity contribution in [2.24, 2.45) is 23.7 Å². The van der Waals surface area contributed by atoms with E-state index in [1.807, 2.05) is 6.08 Å². The number of allylic oxidation sites excluding steroid dienone is 3. The molecule has 0 amide bonds. The number of hydrogen-bond acceptors (Lipinski definition) is 1. The van der Waals surface area contributed by atoms with Crippen molar-refractivity contribution in [1.82, 2.24) is 0 Å². The quantitative estimate of drug-likeness (QED) is 0.374. The Hall–Kier alpha value is -1.03. The van der Waals surface area contributed by atoms with E-state index in [9.17, 15) is 0 Å². The fourth-order valence-electron chi connectivity index (χ4n) is 4.85. The highest BCUT2D eigenvalue weighted by molar-refractivity contribution is 5.08. The third-order valence-electron chi connectivity index (χ3n) is 6.37. The van der Waals surface area contributed by atoms with Crippen LogP contribution >= 0.6 is 0 Å². The van der Waals surface area contributed by atoms with Crippen molar-refractivity contribution < 1.29 is 0 Å². The van der Waals surface area contributed by atoms with E-state index >= 15 is 0 Å². The van der Waals surface area contributed by atoms with E-state index < -0.39 is 0 Å². The molecule has 0 N–H and O–H groups in total. The molecular formula is C22H35N. The van der Waals surface area contributed by atoms with Crippen LogP contribution in [0.1, 0.15) is 84.0 Å². The molecule has 2 rings (SSSR count). The van der Waals surface area contributed by atoms with E-state index in [0.29, 0.717) is 0 Å². The van der Waals surface area contributed by atoms with Crippen LogP contribution in [0.3, 0.4) is 0 Å². The minimum Gasteiger partial charge on any atom is -0.193 e. The molecule has 128 valence electrons. The van der Waals surface area contributed by atoms with Gasteiger partial charge < -0.3 is 0 Å². The van der Waals surface area contributed by atoms with Gasteiger partial charge in [0, 0.05) is 6.08 Å². The van der Waals surface area contributed by atoms with E-state index in [-0.39, 0.29) is 0 Å². The van der Waals surface area contributed by atoms with Crippen LogP contribution in [0.4, 0.5) is 0 Å². The van der Waals surface area contributed by atoms with Gasteiger partial charge in [0.15, 0.2) is 0 Å². The maximum atomic E-state index is 8.52. The maximum Gasteiger partial charge on any atom is 0.0908 e. The smallest absolute Gasteiger partial charge is 0.0908 e. The SMILES string of the molecule is C=C(C1CCC(CCC)CC1)C1CCC(CCC=CC#N)CC1. The molecule has 23 heavy (non-hydrogen) atoms. The molecule has 2 aliphatic carbocycles. The first-order valence-electron chi connectivity index (χ1n) is 9.97. The lowest BCUT2D eigenvalue weighted by atomic mass is 9.70. The summed E-state index contributed by atoms with van der Waals surface area (Å²) < 4.78 is 0. The van der Waals surface area contributed by atoms with Gasteiger partial charge in [-0.15, -0.1) is 0 Å². The van der Waals surface area contributed by atoms with Crippen LogP contribution in [0.25, 0.3) is 0 Å². The van der Waals surface area contributed by atoms with Crippen LogP contribution < -0.4 is 0 Å². The van der Waals surface area contributed by atoms with Gasteiger partial charge in [-0.3, -0.25) is 0 Å². The molecule has 2 fully saturated rings. The first kappa shape index (κ1) is 18.3. The largest absolute Gasteiger partial charge is 0.193 e. The van der Waals surface area contributed by atoms with Crippen LogP contribution in [-0.4, -0.2) is 0 Å². The lowest BCUT2D eigenvalue weighted by Gasteiger charge is -2.36. The van der Waals surface area contributed by atoms with Crippen molar-refractivity contribution in [2.75, 3.05) is 0 Å². The monoisotopic (exact) mass is 313 g/mol. The van der Waals surface area contributed by atoms with Gasteiger partial charge in [0.2, 0.25) is 0 Å². The van der Waals surface area contributed by atoms with Crippen LogP contribution in [0.15, 0.2) is 24.3 Å². The zero-order valence-electron chi connectivity index (χ0n) is 15.1. The Labute approximate surface area is 143 Å².